The van der Waals surface area contributed by atoms with Crippen LogP contribution in [0.2, 0.25) is 0 Å². The molecule has 0 radical (unpaired) electrons. The van der Waals surface area contributed by atoms with Crippen molar-refractivity contribution in [2.75, 3.05) is 13.1 Å². The van der Waals surface area contributed by atoms with Crippen molar-refractivity contribution in [3.63, 3.8) is 0 Å². The number of amides is 2. The first-order valence-corrected chi connectivity index (χ1v) is 9.10. The van der Waals surface area contributed by atoms with Gasteiger partial charge < -0.3 is 10.6 Å². The first kappa shape index (κ1) is 22.4. The van der Waals surface area contributed by atoms with Crippen LogP contribution in [0.1, 0.15) is 36.0 Å². The monoisotopic (exact) mass is 410 g/mol. The van der Waals surface area contributed by atoms with E-state index in [1.807, 2.05) is 0 Å². The van der Waals surface area contributed by atoms with E-state index in [1.165, 1.54) is 36.4 Å². The Morgan fingerprint density at radius 2 is 1.45 bits per heavy atom. The Labute approximate surface area is 166 Å². The van der Waals surface area contributed by atoms with E-state index in [4.69, 9.17) is 0 Å². The third kappa shape index (κ3) is 7.56. The van der Waals surface area contributed by atoms with Crippen molar-refractivity contribution in [1.29, 1.82) is 0 Å². The number of rotatable bonds is 8. The van der Waals surface area contributed by atoms with E-state index in [9.17, 15) is 27.2 Å². The molecule has 0 spiro atoms. The van der Waals surface area contributed by atoms with Crippen molar-refractivity contribution in [1.82, 2.24) is 10.6 Å². The van der Waals surface area contributed by atoms with Crippen LogP contribution in [0.4, 0.5) is 17.6 Å². The van der Waals surface area contributed by atoms with Crippen LogP contribution in [0, 0.1) is 5.82 Å². The quantitative estimate of drug-likeness (QED) is 0.514. The molecule has 1 unspecified atom stereocenters. The molecule has 156 valence electrons. The summed E-state index contributed by atoms with van der Waals surface area (Å²) >= 11 is 0. The van der Waals surface area contributed by atoms with Gasteiger partial charge in [-0.3, -0.25) is 9.59 Å². The first-order valence-electron chi connectivity index (χ1n) is 9.10. The van der Waals surface area contributed by atoms with E-state index in [0.29, 0.717) is 11.1 Å². The summed E-state index contributed by atoms with van der Waals surface area (Å²) in [6, 6.07) is 10.4. The molecular weight excluding hydrogens is 388 g/mol. The second-order valence-corrected chi connectivity index (χ2v) is 6.73. The van der Waals surface area contributed by atoms with Crippen LogP contribution in [-0.2, 0) is 22.2 Å². The fourth-order valence-corrected chi connectivity index (χ4v) is 2.72. The van der Waals surface area contributed by atoms with Crippen molar-refractivity contribution in [2.24, 2.45) is 0 Å². The summed E-state index contributed by atoms with van der Waals surface area (Å²) < 4.78 is 50.6. The molecule has 2 N–H and O–H groups in total. The highest BCUT2D eigenvalue weighted by molar-refractivity contribution is 5.79. The van der Waals surface area contributed by atoms with Gasteiger partial charge in [0.1, 0.15) is 5.82 Å². The van der Waals surface area contributed by atoms with Crippen molar-refractivity contribution in [3.05, 3.63) is 71.0 Å². The molecule has 4 nitrogen and oxygen atoms in total. The Kier molecular flexibility index (Phi) is 7.75. The van der Waals surface area contributed by atoms with Crippen molar-refractivity contribution in [2.45, 2.75) is 31.9 Å². The Morgan fingerprint density at radius 1 is 0.897 bits per heavy atom. The van der Waals surface area contributed by atoms with Gasteiger partial charge in [0, 0.05) is 19.5 Å². The maximum atomic E-state index is 12.8. The van der Waals surface area contributed by atoms with Gasteiger partial charge in [0.2, 0.25) is 11.8 Å². The zero-order valence-electron chi connectivity index (χ0n) is 15.9. The minimum Gasteiger partial charge on any atom is -0.354 e. The van der Waals surface area contributed by atoms with Gasteiger partial charge in [-0.1, -0.05) is 31.2 Å². The van der Waals surface area contributed by atoms with Crippen molar-refractivity contribution < 1.29 is 27.2 Å². The second-order valence-electron chi connectivity index (χ2n) is 6.73. The minimum absolute atomic E-state index is 0.110. The summed E-state index contributed by atoms with van der Waals surface area (Å²) in [4.78, 5) is 23.8. The second kappa shape index (κ2) is 10.0. The molecule has 0 aromatic heterocycles. The van der Waals surface area contributed by atoms with Crippen molar-refractivity contribution in [3.8, 4) is 0 Å². The molecule has 8 heteroatoms. The fourth-order valence-electron chi connectivity index (χ4n) is 2.72. The average molecular weight is 410 g/mol. The van der Waals surface area contributed by atoms with Crippen LogP contribution in [0.5, 0.6) is 0 Å². The summed E-state index contributed by atoms with van der Waals surface area (Å²) in [5, 5.41) is 5.31. The van der Waals surface area contributed by atoms with Crippen LogP contribution in [0.15, 0.2) is 48.5 Å². The Balaban J connectivity index is 1.68. The fraction of sp³-hybridized carbons (Fsp3) is 0.333. The van der Waals surface area contributed by atoms with E-state index < -0.39 is 11.7 Å². The van der Waals surface area contributed by atoms with Crippen LogP contribution in [0.3, 0.4) is 0 Å². The lowest BCUT2D eigenvalue weighted by Gasteiger charge is -2.14. The van der Waals surface area contributed by atoms with Gasteiger partial charge in [-0.05, 0) is 41.3 Å². The highest BCUT2D eigenvalue weighted by Gasteiger charge is 2.30. The summed E-state index contributed by atoms with van der Waals surface area (Å²) in [5.41, 5.74) is 0.591. The molecule has 2 aromatic rings. The normalized spacial score (nSPS) is 12.3. The minimum atomic E-state index is -4.39. The van der Waals surface area contributed by atoms with Crippen LogP contribution < -0.4 is 10.6 Å². The van der Waals surface area contributed by atoms with E-state index in [0.717, 1.165) is 12.1 Å². The van der Waals surface area contributed by atoms with E-state index >= 15 is 0 Å². The zero-order valence-corrected chi connectivity index (χ0v) is 15.9. The molecule has 2 aromatic carbocycles. The number of carbonyl (C=O) groups is 2. The number of halogens is 4. The number of nitrogens with one attached hydrogen (secondary N) is 2. The lowest BCUT2D eigenvalue weighted by molar-refractivity contribution is -0.137. The summed E-state index contributed by atoms with van der Waals surface area (Å²) in [7, 11) is 0. The standard InChI is InChI=1S/C21H22F4N2O2/c1-14(16-4-6-17(7-5-16)21(23,24)25)12-19(28)26-10-11-27-20(29)13-15-2-8-18(22)9-3-15/h2-9,14H,10-13H2,1H3,(H,26,28)(H,27,29). The van der Waals surface area contributed by atoms with E-state index in [-0.39, 0.29) is 49.5 Å². The zero-order chi connectivity index (χ0) is 21.4. The van der Waals surface area contributed by atoms with Gasteiger partial charge in [-0.2, -0.15) is 13.2 Å². The molecule has 0 saturated carbocycles. The highest BCUT2D eigenvalue weighted by atomic mass is 19.4. The number of benzene rings is 2. The molecule has 0 aliphatic heterocycles. The van der Waals surface area contributed by atoms with E-state index in [1.54, 1.807) is 6.92 Å². The smallest absolute Gasteiger partial charge is 0.354 e. The van der Waals surface area contributed by atoms with Gasteiger partial charge in [0.05, 0.1) is 12.0 Å². The molecule has 0 fully saturated rings. The lowest BCUT2D eigenvalue weighted by atomic mass is 9.96. The predicted molar refractivity (Wildman–Crippen MR) is 101 cm³/mol. The number of carbonyl (C=O) groups excluding carboxylic acids is 2. The molecule has 0 bridgehead atoms. The third-order valence-electron chi connectivity index (χ3n) is 4.35. The number of alkyl halides is 3. The number of hydrogen-bond acceptors (Lipinski definition) is 2. The Morgan fingerprint density at radius 3 is 2.00 bits per heavy atom. The SMILES string of the molecule is CC(CC(=O)NCCNC(=O)Cc1ccc(F)cc1)c1ccc(C(F)(F)F)cc1. The third-order valence-corrected chi connectivity index (χ3v) is 4.35. The highest BCUT2D eigenvalue weighted by Crippen LogP contribution is 2.30. The van der Waals surface area contributed by atoms with Crippen LogP contribution in [-0.4, -0.2) is 24.9 Å². The van der Waals surface area contributed by atoms with Crippen LogP contribution in [0.25, 0.3) is 0 Å². The summed E-state index contributed by atoms with van der Waals surface area (Å²) in [6.07, 6.45) is -4.16. The largest absolute Gasteiger partial charge is 0.416 e. The molecule has 0 saturated heterocycles. The maximum absolute atomic E-state index is 12.8. The Hall–Kier alpha value is -2.90. The maximum Gasteiger partial charge on any atom is 0.416 e. The molecule has 1 atom stereocenters. The molecular formula is C21H22F4N2O2. The average Bonchev–Trinajstić information content (AvgIpc) is 2.66. The van der Waals surface area contributed by atoms with Gasteiger partial charge >= 0.3 is 6.18 Å². The lowest BCUT2D eigenvalue weighted by Crippen LogP contribution is -2.35. The van der Waals surface area contributed by atoms with Gasteiger partial charge in [0.15, 0.2) is 0 Å². The molecule has 2 rings (SSSR count). The van der Waals surface area contributed by atoms with Gasteiger partial charge in [-0.15, -0.1) is 0 Å². The Bertz CT molecular complexity index is 818. The predicted octanol–water partition coefficient (Wildman–Crippen LogP) is 3.81. The molecule has 0 aliphatic carbocycles. The molecule has 29 heavy (non-hydrogen) atoms. The topological polar surface area (TPSA) is 58.2 Å². The summed E-state index contributed by atoms with van der Waals surface area (Å²) in [6.45, 7) is 2.22. The molecule has 0 aliphatic rings. The molecule has 2 amide bonds. The van der Waals surface area contributed by atoms with Crippen molar-refractivity contribution >= 4 is 11.8 Å². The van der Waals surface area contributed by atoms with E-state index in [2.05, 4.69) is 10.6 Å². The molecule has 0 heterocycles. The first-order chi connectivity index (χ1) is 13.6. The van der Waals surface area contributed by atoms with Crippen LogP contribution >= 0.6 is 0 Å². The van der Waals surface area contributed by atoms with Gasteiger partial charge in [0.25, 0.3) is 0 Å². The van der Waals surface area contributed by atoms with Gasteiger partial charge in [-0.25, -0.2) is 4.39 Å². The number of hydrogen-bond donors (Lipinski definition) is 2. The summed E-state index contributed by atoms with van der Waals surface area (Å²) in [5.74, 6) is -1.12.